The number of rotatable bonds is 6. The third kappa shape index (κ3) is 5.39. The smallest absolute Gasteiger partial charge is 0.231 e. The van der Waals surface area contributed by atoms with Crippen LogP contribution in [0, 0.1) is 6.92 Å². The minimum Gasteiger partial charge on any atom is -0.386 e. The zero-order valence-electron chi connectivity index (χ0n) is 16.3. The maximum absolute atomic E-state index is 13.3. The molecule has 0 heterocycles. The van der Waals surface area contributed by atoms with Gasteiger partial charge in [-0.3, -0.25) is 4.79 Å². The van der Waals surface area contributed by atoms with Crippen LogP contribution in [-0.2, 0) is 11.2 Å². The summed E-state index contributed by atoms with van der Waals surface area (Å²) >= 11 is 12.0. The van der Waals surface area contributed by atoms with E-state index in [2.05, 4.69) is 0 Å². The van der Waals surface area contributed by atoms with Crippen molar-refractivity contribution in [1.82, 2.24) is 0 Å². The highest BCUT2D eigenvalue weighted by Crippen LogP contribution is 2.28. The van der Waals surface area contributed by atoms with E-state index in [1.807, 2.05) is 50.2 Å². The number of benzene rings is 3. The number of aliphatic hydroxyl groups excluding tert-OH is 1. The fourth-order valence-electron chi connectivity index (χ4n) is 3.34. The van der Waals surface area contributed by atoms with Crippen LogP contribution >= 0.6 is 23.2 Å². The van der Waals surface area contributed by atoms with Crippen molar-refractivity contribution in [2.75, 3.05) is 4.90 Å². The highest BCUT2D eigenvalue weighted by atomic mass is 35.5. The first-order valence-electron chi connectivity index (χ1n) is 9.42. The molecule has 0 saturated carbocycles. The van der Waals surface area contributed by atoms with Crippen LogP contribution in [0.15, 0.2) is 72.8 Å². The van der Waals surface area contributed by atoms with Gasteiger partial charge in [0.25, 0.3) is 0 Å². The topological polar surface area (TPSA) is 40.5 Å². The first-order chi connectivity index (χ1) is 13.8. The molecule has 0 aliphatic heterocycles. The van der Waals surface area contributed by atoms with Gasteiger partial charge in [0.15, 0.2) is 0 Å². The van der Waals surface area contributed by atoms with E-state index < -0.39 is 12.1 Å². The van der Waals surface area contributed by atoms with Crippen molar-refractivity contribution in [3.63, 3.8) is 0 Å². The molecule has 0 bridgehead atoms. The number of nitrogens with zero attached hydrogens (tertiary/aromatic N) is 1. The number of hydrogen-bond donors (Lipinski definition) is 1. The Morgan fingerprint density at radius 3 is 2.14 bits per heavy atom. The maximum atomic E-state index is 13.3. The number of anilines is 1. The predicted octanol–water partition coefficient (Wildman–Crippen LogP) is 6.00. The average Bonchev–Trinajstić information content (AvgIpc) is 2.70. The first-order valence-corrected chi connectivity index (χ1v) is 10.2. The lowest BCUT2D eigenvalue weighted by Gasteiger charge is -2.33. The number of carbonyl (C=O) groups is 1. The minimum atomic E-state index is -0.834. The van der Waals surface area contributed by atoms with Crippen molar-refractivity contribution in [1.29, 1.82) is 0 Å². The Morgan fingerprint density at radius 2 is 1.55 bits per heavy atom. The lowest BCUT2D eigenvalue weighted by molar-refractivity contribution is -0.119. The van der Waals surface area contributed by atoms with Crippen LogP contribution in [0.3, 0.4) is 0 Å². The van der Waals surface area contributed by atoms with Crippen molar-refractivity contribution in [2.45, 2.75) is 32.4 Å². The average molecular weight is 428 g/mol. The highest BCUT2D eigenvalue weighted by Gasteiger charge is 2.28. The molecule has 1 N–H and O–H groups in total. The van der Waals surface area contributed by atoms with Gasteiger partial charge < -0.3 is 10.0 Å². The summed E-state index contributed by atoms with van der Waals surface area (Å²) in [5.74, 6) is -0.117. The van der Waals surface area contributed by atoms with Crippen LogP contribution in [0.2, 0.25) is 10.0 Å². The van der Waals surface area contributed by atoms with Crippen LogP contribution in [-0.4, -0.2) is 17.1 Å². The molecular formula is C24H23Cl2NO2. The second kappa shape index (κ2) is 9.45. The molecule has 0 aliphatic rings. The summed E-state index contributed by atoms with van der Waals surface area (Å²) in [5, 5.41) is 12.2. The second-order valence-corrected chi connectivity index (χ2v) is 8.02. The number of amides is 1. The van der Waals surface area contributed by atoms with Gasteiger partial charge in [-0.05, 0) is 61.4 Å². The fraction of sp³-hybridized carbons (Fsp3) is 0.208. The molecule has 0 aliphatic carbocycles. The standard InChI is InChI=1S/C24H23Cl2NO2/c1-16-4-3-5-19(14-16)24(29)17(2)27(22-12-10-21(26)11-13-22)23(28)15-18-6-8-20(25)9-7-18/h3-14,17,24,29H,15H2,1-2H3. The zero-order valence-corrected chi connectivity index (χ0v) is 17.9. The van der Waals surface area contributed by atoms with Crippen LogP contribution in [0.4, 0.5) is 5.69 Å². The molecule has 2 unspecified atom stereocenters. The largest absolute Gasteiger partial charge is 0.386 e. The molecule has 3 aromatic rings. The Morgan fingerprint density at radius 1 is 0.966 bits per heavy atom. The lowest BCUT2D eigenvalue weighted by atomic mass is 9.99. The molecule has 3 rings (SSSR count). The number of hydrogen-bond acceptors (Lipinski definition) is 2. The fourth-order valence-corrected chi connectivity index (χ4v) is 3.60. The van der Waals surface area contributed by atoms with Gasteiger partial charge in [-0.25, -0.2) is 0 Å². The Bertz CT molecular complexity index is 971. The van der Waals surface area contributed by atoms with Gasteiger partial charge in [0.05, 0.1) is 18.6 Å². The molecule has 3 aromatic carbocycles. The van der Waals surface area contributed by atoms with E-state index in [1.165, 1.54) is 0 Å². The van der Waals surface area contributed by atoms with Gasteiger partial charge >= 0.3 is 0 Å². The van der Waals surface area contributed by atoms with Gasteiger partial charge in [0.1, 0.15) is 0 Å². The second-order valence-electron chi connectivity index (χ2n) is 7.14. The molecule has 2 atom stereocenters. The van der Waals surface area contributed by atoms with Gasteiger partial charge in [0, 0.05) is 15.7 Å². The molecule has 5 heteroatoms. The number of aliphatic hydroxyl groups is 1. The Kier molecular flexibility index (Phi) is 6.96. The molecule has 0 fully saturated rings. The van der Waals surface area contributed by atoms with Crippen molar-refractivity contribution >= 4 is 34.8 Å². The molecule has 1 amide bonds. The summed E-state index contributed by atoms with van der Waals surface area (Å²) in [6.45, 7) is 3.82. The predicted molar refractivity (Wildman–Crippen MR) is 120 cm³/mol. The van der Waals surface area contributed by atoms with E-state index in [4.69, 9.17) is 23.2 Å². The van der Waals surface area contributed by atoms with E-state index in [0.29, 0.717) is 15.7 Å². The highest BCUT2D eigenvalue weighted by molar-refractivity contribution is 6.30. The SMILES string of the molecule is Cc1cccc(C(O)C(C)N(C(=O)Cc2ccc(Cl)cc2)c2ccc(Cl)cc2)c1. The Hall–Kier alpha value is -2.33. The molecule has 3 nitrogen and oxygen atoms in total. The summed E-state index contributed by atoms with van der Waals surface area (Å²) in [4.78, 5) is 14.9. The van der Waals surface area contributed by atoms with Crippen LogP contribution in [0.25, 0.3) is 0 Å². The van der Waals surface area contributed by atoms with E-state index in [-0.39, 0.29) is 12.3 Å². The third-order valence-electron chi connectivity index (χ3n) is 4.89. The summed E-state index contributed by atoms with van der Waals surface area (Å²) in [6, 6.07) is 21.5. The maximum Gasteiger partial charge on any atom is 0.231 e. The summed E-state index contributed by atoms with van der Waals surface area (Å²) in [6.07, 6.45) is -0.634. The monoisotopic (exact) mass is 427 g/mol. The summed E-state index contributed by atoms with van der Waals surface area (Å²) < 4.78 is 0. The molecule has 0 aromatic heterocycles. The van der Waals surface area contributed by atoms with Crippen molar-refractivity contribution in [2.24, 2.45) is 0 Å². The van der Waals surface area contributed by atoms with Gasteiger partial charge in [-0.1, -0.05) is 65.2 Å². The molecular weight excluding hydrogens is 405 g/mol. The summed E-state index contributed by atoms with van der Waals surface area (Å²) in [7, 11) is 0. The summed E-state index contributed by atoms with van der Waals surface area (Å²) in [5.41, 5.74) is 3.37. The molecule has 0 spiro atoms. The zero-order chi connectivity index (χ0) is 21.0. The van der Waals surface area contributed by atoms with E-state index in [9.17, 15) is 9.90 Å². The molecule has 0 saturated heterocycles. The van der Waals surface area contributed by atoms with Gasteiger partial charge in [0.2, 0.25) is 5.91 Å². The first kappa shape index (κ1) is 21.4. The lowest BCUT2D eigenvalue weighted by Crippen LogP contribution is -2.43. The number of carbonyl (C=O) groups excluding carboxylic acids is 1. The van der Waals surface area contributed by atoms with E-state index in [0.717, 1.165) is 16.7 Å². The molecule has 0 radical (unpaired) electrons. The van der Waals surface area contributed by atoms with Crippen LogP contribution in [0.5, 0.6) is 0 Å². The van der Waals surface area contributed by atoms with Crippen molar-refractivity contribution in [3.8, 4) is 0 Å². The number of aryl methyl sites for hydroxylation is 1. The molecule has 150 valence electrons. The van der Waals surface area contributed by atoms with E-state index >= 15 is 0 Å². The Balaban J connectivity index is 1.92. The third-order valence-corrected chi connectivity index (χ3v) is 5.39. The Labute approximate surface area is 181 Å². The van der Waals surface area contributed by atoms with Crippen LogP contribution in [0.1, 0.15) is 29.7 Å². The van der Waals surface area contributed by atoms with Crippen molar-refractivity contribution < 1.29 is 9.90 Å². The minimum absolute atomic E-state index is 0.117. The van der Waals surface area contributed by atoms with Gasteiger partial charge in [-0.15, -0.1) is 0 Å². The van der Waals surface area contributed by atoms with E-state index in [1.54, 1.807) is 41.3 Å². The quantitative estimate of drug-likeness (QED) is 0.523. The van der Waals surface area contributed by atoms with Gasteiger partial charge in [-0.2, -0.15) is 0 Å². The normalized spacial score (nSPS) is 13.0. The number of halogens is 2. The molecule has 29 heavy (non-hydrogen) atoms. The van der Waals surface area contributed by atoms with Crippen molar-refractivity contribution in [3.05, 3.63) is 99.5 Å². The van der Waals surface area contributed by atoms with Crippen LogP contribution < -0.4 is 4.90 Å².